The van der Waals surface area contributed by atoms with Crippen LogP contribution in [-0.4, -0.2) is 30.9 Å². The van der Waals surface area contributed by atoms with Gasteiger partial charge in [-0.2, -0.15) is 0 Å². The van der Waals surface area contributed by atoms with E-state index in [1.807, 2.05) is 6.92 Å². The smallest absolute Gasteiger partial charge is 0.259 e. The van der Waals surface area contributed by atoms with E-state index in [9.17, 15) is 13.6 Å². The van der Waals surface area contributed by atoms with Gasteiger partial charge in [-0.25, -0.2) is 8.78 Å². The number of carbonyl (C=O) groups excluding carboxylic acids is 1. The summed E-state index contributed by atoms with van der Waals surface area (Å²) >= 11 is 0. The Balaban J connectivity index is 3.00. The Kier molecular flexibility index (Phi) is 4.78. The lowest BCUT2D eigenvalue weighted by molar-refractivity contribution is 0.0767. The number of benzene rings is 1. The Morgan fingerprint density at radius 2 is 2.06 bits per heavy atom. The van der Waals surface area contributed by atoms with Crippen molar-refractivity contribution in [2.24, 2.45) is 11.7 Å². The van der Waals surface area contributed by atoms with Crippen LogP contribution in [0.4, 0.5) is 8.78 Å². The molecule has 1 atom stereocenters. The lowest BCUT2D eigenvalue weighted by atomic mass is 10.1. The summed E-state index contributed by atoms with van der Waals surface area (Å²) in [6.45, 7) is 4.14. The number of nitrogens with two attached hydrogens (primary N) is 1. The summed E-state index contributed by atoms with van der Waals surface area (Å²) < 4.78 is 27.3. The van der Waals surface area contributed by atoms with Crippen molar-refractivity contribution in [1.29, 1.82) is 0 Å². The molecule has 1 rings (SSSR count). The summed E-state index contributed by atoms with van der Waals surface area (Å²) in [7, 11) is 1.51. The predicted molar refractivity (Wildman–Crippen MR) is 66.3 cm³/mol. The molecule has 100 valence electrons. The monoisotopic (exact) mass is 256 g/mol. The van der Waals surface area contributed by atoms with E-state index in [4.69, 9.17) is 5.73 Å². The number of amides is 1. The van der Waals surface area contributed by atoms with Crippen LogP contribution >= 0.6 is 0 Å². The minimum atomic E-state index is -0.838. The summed E-state index contributed by atoms with van der Waals surface area (Å²) in [6.07, 6.45) is 0. The minimum Gasteiger partial charge on any atom is -0.341 e. The average Bonchev–Trinajstić information content (AvgIpc) is 2.33. The van der Waals surface area contributed by atoms with Gasteiger partial charge in [0.1, 0.15) is 17.2 Å². The van der Waals surface area contributed by atoms with Gasteiger partial charge in [-0.05, 0) is 31.0 Å². The summed E-state index contributed by atoms with van der Waals surface area (Å²) in [4.78, 5) is 13.3. The molecule has 0 radical (unpaired) electrons. The maximum Gasteiger partial charge on any atom is 0.259 e. The van der Waals surface area contributed by atoms with Crippen LogP contribution in [0.5, 0.6) is 0 Å². The van der Waals surface area contributed by atoms with Gasteiger partial charge in [0.05, 0.1) is 0 Å². The minimum absolute atomic E-state index is 0.0786. The van der Waals surface area contributed by atoms with Gasteiger partial charge in [-0.1, -0.05) is 13.0 Å². The van der Waals surface area contributed by atoms with Gasteiger partial charge in [-0.15, -0.1) is 0 Å². The standard InChI is InChI=1S/C13H18F2N2O/c1-8(6-16)7-17(3)13(18)11-10(14)5-4-9(2)12(11)15/h4-5,8H,6-7,16H2,1-3H3. The van der Waals surface area contributed by atoms with Crippen LogP contribution in [-0.2, 0) is 0 Å². The second kappa shape index (κ2) is 5.91. The molecule has 0 aliphatic heterocycles. The summed E-state index contributed by atoms with van der Waals surface area (Å²) in [6, 6.07) is 2.41. The van der Waals surface area contributed by atoms with Gasteiger partial charge >= 0.3 is 0 Å². The fourth-order valence-corrected chi connectivity index (χ4v) is 1.67. The second-order valence-electron chi connectivity index (χ2n) is 4.58. The van der Waals surface area contributed by atoms with Crippen LogP contribution in [0.1, 0.15) is 22.8 Å². The molecule has 0 saturated carbocycles. The van der Waals surface area contributed by atoms with Crippen LogP contribution in [0.3, 0.4) is 0 Å². The molecule has 0 spiro atoms. The Morgan fingerprint density at radius 3 is 2.61 bits per heavy atom. The van der Waals surface area contributed by atoms with E-state index in [1.54, 1.807) is 0 Å². The zero-order valence-corrected chi connectivity index (χ0v) is 10.8. The molecule has 2 N–H and O–H groups in total. The largest absolute Gasteiger partial charge is 0.341 e. The van der Waals surface area contributed by atoms with Crippen LogP contribution in [0.2, 0.25) is 0 Å². The molecule has 0 aromatic heterocycles. The molecular formula is C13H18F2N2O. The topological polar surface area (TPSA) is 46.3 Å². The first-order valence-corrected chi connectivity index (χ1v) is 5.78. The van der Waals surface area contributed by atoms with E-state index in [0.29, 0.717) is 13.1 Å². The van der Waals surface area contributed by atoms with Crippen molar-refractivity contribution in [3.63, 3.8) is 0 Å². The third kappa shape index (κ3) is 3.04. The highest BCUT2D eigenvalue weighted by Crippen LogP contribution is 2.18. The van der Waals surface area contributed by atoms with Gasteiger partial charge in [0.15, 0.2) is 0 Å². The number of nitrogens with zero attached hydrogens (tertiary/aromatic N) is 1. The third-order valence-corrected chi connectivity index (χ3v) is 2.83. The fraction of sp³-hybridized carbons (Fsp3) is 0.462. The molecule has 0 saturated heterocycles. The Hall–Kier alpha value is -1.49. The van der Waals surface area contributed by atoms with Gasteiger partial charge in [0.25, 0.3) is 5.91 Å². The fourth-order valence-electron chi connectivity index (χ4n) is 1.67. The van der Waals surface area contributed by atoms with Crippen LogP contribution in [0.25, 0.3) is 0 Å². The van der Waals surface area contributed by atoms with Crippen molar-refractivity contribution in [2.75, 3.05) is 20.1 Å². The first kappa shape index (κ1) is 14.6. The van der Waals surface area contributed by atoms with Crippen molar-refractivity contribution < 1.29 is 13.6 Å². The van der Waals surface area contributed by atoms with Crippen molar-refractivity contribution >= 4 is 5.91 Å². The number of carbonyl (C=O) groups is 1. The highest BCUT2D eigenvalue weighted by Gasteiger charge is 2.22. The number of aryl methyl sites for hydroxylation is 1. The first-order chi connectivity index (χ1) is 8.38. The normalized spacial score (nSPS) is 12.3. The molecule has 0 aliphatic carbocycles. The lowest BCUT2D eigenvalue weighted by Crippen LogP contribution is -2.34. The lowest BCUT2D eigenvalue weighted by Gasteiger charge is -2.21. The van der Waals surface area contributed by atoms with Crippen molar-refractivity contribution in [3.05, 3.63) is 34.9 Å². The maximum atomic E-state index is 13.8. The highest BCUT2D eigenvalue weighted by atomic mass is 19.1. The van der Waals surface area contributed by atoms with Crippen LogP contribution in [0.15, 0.2) is 12.1 Å². The number of rotatable bonds is 4. The Morgan fingerprint density at radius 1 is 1.44 bits per heavy atom. The summed E-state index contributed by atoms with van der Waals surface area (Å²) in [5, 5.41) is 0. The maximum absolute atomic E-state index is 13.8. The van der Waals surface area contributed by atoms with Crippen LogP contribution < -0.4 is 5.73 Å². The molecule has 1 amide bonds. The molecule has 1 unspecified atom stereocenters. The molecule has 0 heterocycles. The molecule has 5 heteroatoms. The highest BCUT2D eigenvalue weighted by molar-refractivity contribution is 5.94. The SMILES string of the molecule is Cc1ccc(F)c(C(=O)N(C)CC(C)CN)c1F. The van der Waals surface area contributed by atoms with E-state index in [2.05, 4.69) is 0 Å². The van der Waals surface area contributed by atoms with Crippen molar-refractivity contribution in [2.45, 2.75) is 13.8 Å². The summed E-state index contributed by atoms with van der Waals surface area (Å²) in [5.74, 6) is -2.22. The zero-order chi connectivity index (χ0) is 13.9. The van der Waals surface area contributed by atoms with Crippen molar-refractivity contribution in [3.8, 4) is 0 Å². The van der Waals surface area contributed by atoms with Crippen molar-refractivity contribution in [1.82, 2.24) is 4.90 Å². The van der Waals surface area contributed by atoms with Gasteiger partial charge in [-0.3, -0.25) is 4.79 Å². The molecule has 1 aromatic rings. The molecule has 0 fully saturated rings. The number of hydrogen-bond donors (Lipinski definition) is 1. The molecule has 3 nitrogen and oxygen atoms in total. The molecule has 0 aliphatic rings. The second-order valence-corrected chi connectivity index (χ2v) is 4.58. The number of halogens is 2. The third-order valence-electron chi connectivity index (χ3n) is 2.83. The molecule has 0 bridgehead atoms. The van der Waals surface area contributed by atoms with E-state index in [0.717, 1.165) is 6.07 Å². The number of hydrogen-bond acceptors (Lipinski definition) is 2. The predicted octanol–water partition coefficient (Wildman–Crippen LogP) is 1.94. The molecular weight excluding hydrogens is 238 g/mol. The van der Waals surface area contributed by atoms with E-state index in [-0.39, 0.29) is 11.5 Å². The average molecular weight is 256 g/mol. The summed E-state index contributed by atoms with van der Waals surface area (Å²) in [5.41, 5.74) is 5.21. The Bertz CT molecular complexity index is 449. The molecule has 18 heavy (non-hydrogen) atoms. The Labute approximate surface area is 106 Å². The van der Waals surface area contributed by atoms with E-state index in [1.165, 1.54) is 24.9 Å². The van der Waals surface area contributed by atoms with E-state index < -0.39 is 23.1 Å². The zero-order valence-electron chi connectivity index (χ0n) is 10.8. The van der Waals surface area contributed by atoms with E-state index >= 15 is 0 Å². The van der Waals surface area contributed by atoms with Gasteiger partial charge in [0, 0.05) is 13.6 Å². The van der Waals surface area contributed by atoms with Gasteiger partial charge < -0.3 is 10.6 Å². The van der Waals surface area contributed by atoms with Gasteiger partial charge in [0.2, 0.25) is 0 Å². The quantitative estimate of drug-likeness (QED) is 0.895. The van der Waals surface area contributed by atoms with Crippen LogP contribution in [0, 0.1) is 24.5 Å². The first-order valence-electron chi connectivity index (χ1n) is 5.78. The molecule has 1 aromatic carbocycles.